The molecule has 2 rings (SSSR count). The summed E-state index contributed by atoms with van der Waals surface area (Å²) in [5.74, 6) is 0. The van der Waals surface area contributed by atoms with Crippen LogP contribution in [0.5, 0.6) is 0 Å². The number of thiophene rings is 1. The average molecular weight is 302 g/mol. The van der Waals surface area contributed by atoms with Crippen LogP contribution in [0.3, 0.4) is 0 Å². The predicted octanol–water partition coefficient (Wildman–Crippen LogP) is 5.08. The van der Waals surface area contributed by atoms with E-state index in [0.717, 1.165) is 11.4 Å². The average Bonchev–Trinajstić information content (AvgIpc) is 2.70. The molecule has 0 N–H and O–H groups in total. The minimum Gasteiger partial charge on any atom is -0.148 e. The molecule has 0 saturated heterocycles. The zero-order valence-electron chi connectivity index (χ0n) is 7.99. The maximum atomic E-state index is 5.94. The lowest BCUT2D eigenvalue weighted by Crippen LogP contribution is -1.92. The van der Waals surface area contributed by atoms with Crippen molar-refractivity contribution in [1.29, 1.82) is 0 Å². The topological polar surface area (TPSA) is 0 Å². The first kappa shape index (κ1) is 11.2. The third-order valence-electron chi connectivity index (χ3n) is 2.16. The van der Waals surface area contributed by atoms with Crippen molar-refractivity contribution in [1.82, 2.24) is 0 Å². The summed E-state index contributed by atoms with van der Waals surface area (Å²) in [5, 5.41) is 2.90. The van der Waals surface area contributed by atoms with Crippen molar-refractivity contribution in [2.75, 3.05) is 0 Å². The molecule has 15 heavy (non-hydrogen) atoms. The van der Waals surface area contributed by atoms with Gasteiger partial charge in [0.1, 0.15) is 0 Å². The lowest BCUT2D eigenvalue weighted by atomic mass is 10.1. The van der Waals surface area contributed by atoms with Gasteiger partial charge < -0.3 is 0 Å². The molecule has 0 nitrogen and oxygen atoms in total. The molecule has 0 radical (unpaired) electrons. The summed E-state index contributed by atoms with van der Waals surface area (Å²) in [6.07, 6.45) is 0.973. The van der Waals surface area contributed by atoms with E-state index in [0.29, 0.717) is 4.83 Å². The molecule has 0 spiro atoms. The van der Waals surface area contributed by atoms with E-state index in [1.54, 1.807) is 11.3 Å². The highest BCUT2D eigenvalue weighted by Gasteiger charge is 2.09. The number of hydrogen-bond donors (Lipinski definition) is 0. The van der Waals surface area contributed by atoms with E-state index in [-0.39, 0.29) is 0 Å². The highest BCUT2D eigenvalue weighted by molar-refractivity contribution is 9.09. The van der Waals surface area contributed by atoms with E-state index in [1.165, 1.54) is 10.4 Å². The van der Waals surface area contributed by atoms with Crippen molar-refractivity contribution < 1.29 is 0 Å². The van der Waals surface area contributed by atoms with E-state index in [1.807, 2.05) is 18.2 Å². The molecular weight excluding hydrogens is 292 g/mol. The lowest BCUT2D eigenvalue weighted by molar-refractivity contribution is 0.970. The fourth-order valence-electron chi connectivity index (χ4n) is 1.44. The summed E-state index contributed by atoms with van der Waals surface area (Å²) >= 11 is 11.4. The van der Waals surface area contributed by atoms with Crippen molar-refractivity contribution in [2.24, 2.45) is 0 Å². The van der Waals surface area contributed by atoms with Gasteiger partial charge in [0.15, 0.2) is 0 Å². The van der Waals surface area contributed by atoms with Crippen LogP contribution in [-0.2, 0) is 6.42 Å². The predicted molar refractivity (Wildman–Crippen MR) is 71.1 cm³/mol. The van der Waals surface area contributed by atoms with E-state index < -0.39 is 0 Å². The molecule has 0 amide bonds. The molecule has 3 heteroatoms. The SMILES string of the molecule is Clc1cccc(CC(Br)c2cccs2)c1. The Hall–Kier alpha value is -0.310. The largest absolute Gasteiger partial charge is 0.148 e. The lowest BCUT2D eigenvalue weighted by Gasteiger charge is -2.07. The Bertz CT molecular complexity index is 425. The molecule has 1 aromatic carbocycles. The van der Waals surface area contributed by atoms with Crippen LogP contribution in [0.25, 0.3) is 0 Å². The van der Waals surface area contributed by atoms with Crippen LogP contribution < -0.4 is 0 Å². The molecular formula is C12H10BrClS. The van der Waals surface area contributed by atoms with Crippen LogP contribution in [0.4, 0.5) is 0 Å². The Morgan fingerprint density at radius 2 is 2.13 bits per heavy atom. The maximum Gasteiger partial charge on any atom is 0.0529 e. The number of alkyl halides is 1. The van der Waals surface area contributed by atoms with Crippen molar-refractivity contribution >= 4 is 38.9 Å². The summed E-state index contributed by atoms with van der Waals surface area (Å²) in [6, 6.07) is 12.2. The van der Waals surface area contributed by atoms with Crippen molar-refractivity contribution in [3.05, 3.63) is 57.2 Å². The highest BCUT2D eigenvalue weighted by Crippen LogP contribution is 2.30. The molecule has 1 aromatic heterocycles. The number of benzene rings is 1. The molecule has 1 atom stereocenters. The van der Waals surface area contributed by atoms with Crippen molar-refractivity contribution in [3.8, 4) is 0 Å². The fraction of sp³-hybridized carbons (Fsp3) is 0.167. The second kappa shape index (κ2) is 5.15. The summed E-state index contributed by atoms with van der Waals surface area (Å²) in [5.41, 5.74) is 1.26. The number of halogens is 2. The Balaban J connectivity index is 2.09. The van der Waals surface area contributed by atoms with Gasteiger partial charge in [-0.15, -0.1) is 11.3 Å². The van der Waals surface area contributed by atoms with Gasteiger partial charge in [-0.2, -0.15) is 0 Å². The quantitative estimate of drug-likeness (QED) is 0.694. The van der Waals surface area contributed by atoms with Gasteiger partial charge >= 0.3 is 0 Å². The molecule has 0 saturated carbocycles. The Labute approximate surface area is 107 Å². The first-order chi connectivity index (χ1) is 7.25. The van der Waals surface area contributed by atoms with Crippen LogP contribution in [0.15, 0.2) is 41.8 Å². The van der Waals surface area contributed by atoms with Crippen LogP contribution >= 0.6 is 38.9 Å². The molecule has 78 valence electrons. The third-order valence-corrected chi connectivity index (χ3v) is 4.50. The zero-order chi connectivity index (χ0) is 10.7. The normalized spacial score (nSPS) is 12.7. The van der Waals surface area contributed by atoms with Gasteiger partial charge in [-0.1, -0.05) is 45.7 Å². The van der Waals surface area contributed by atoms with Gasteiger partial charge in [0.05, 0.1) is 4.83 Å². The zero-order valence-corrected chi connectivity index (χ0v) is 11.1. The smallest absolute Gasteiger partial charge is 0.0529 e. The number of hydrogen-bond acceptors (Lipinski definition) is 1. The van der Waals surface area contributed by atoms with Crippen molar-refractivity contribution in [3.63, 3.8) is 0 Å². The van der Waals surface area contributed by atoms with Gasteiger partial charge in [-0.05, 0) is 35.6 Å². The van der Waals surface area contributed by atoms with Crippen LogP contribution in [0.1, 0.15) is 15.3 Å². The van der Waals surface area contributed by atoms with Gasteiger partial charge in [-0.25, -0.2) is 0 Å². The van der Waals surface area contributed by atoms with Crippen LogP contribution in [0, 0.1) is 0 Å². The van der Waals surface area contributed by atoms with E-state index >= 15 is 0 Å². The first-order valence-electron chi connectivity index (χ1n) is 4.67. The van der Waals surface area contributed by atoms with Crippen LogP contribution in [0.2, 0.25) is 5.02 Å². The van der Waals surface area contributed by atoms with Crippen molar-refractivity contribution in [2.45, 2.75) is 11.2 Å². The van der Waals surface area contributed by atoms with E-state index in [4.69, 9.17) is 11.6 Å². The fourth-order valence-corrected chi connectivity index (χ4v) is 3.21. The second-order valence-electron chi connectivity index (χ2n) is 3.32. The van der Waals surface area contributed by atoms with Gasteiger partial charge in [0.2, 0.25) is 0 Å². The first-order valence-corrected chi connectivity index (χ1v) is 6.85. The Morgan fingerprint density at radius 1 is 1.27 bits per heavy atom. The van der Waals surface area contributed by atoms with Crippen LogP contribution in [-0.4, -0.2) is 0 Å². The van der Waals surface area contributed by atoms with E-state index in [2.05, 4.69) is 39.5 Å². The highest BCUT2D eigenvalue weighted by atomic mass is 79.9. The molecule has 1 unspecified atom stereocenters. The minimum absolute atomic E-state index is 0.385. The molecule has 0 aliphatic heterocycles. The van der Waals surface area contributed by atoms with E-state index in [9.17, 15) is 0 Å². The molecule has 1 heterocycles. The molecule has 0 fully saturated rings. The standard InChI is InChI=1S/C12H10BrClS/c13-11(12-5-2-6-15-12)8-9-3-1-4-10(14)7-9/h1-7,11H,8H2. The number of rotatable bonds is 3. The van der Waals surface area contributed by atoms with Gasteiger partial charge in [0, 0.05) is 9.90 Å². The molecule has 2 aromatic rings. The minimum atomic E-state index is 0.385. The third kappa shape index (κ3) is 3.07. The maximum absolute atomic E-state index is 5.94. The summed E-state index contributed by atoms with van der Waals surface area (Å²) in [4.78, 5) is 1.74. The molecule has 0 bridgehead atoms. The summed E-state index contributed by atoms with van der Waals surface area (Å²) < 4.78 is 0. The molecule has 0 aliphatic carbocycles. The second-order valence-corrected chi connectivity index (χ2v) is 5.84. The Kier molecular flexibility index (Phi) is 3.84. The summed E-state index contributed by atoms with van der Waals surface area (Å²) in [7, 11) is 0. The van der Waals surface area contributed by atoms with Gasteiger partial charge in [0.25, 0.3) is 0 Å². The monoisotopic (exact) mass is 300 g/mol. The van der Waals surface area contributed by atoms with Gasteiger partial charge in [-0.3, -0.25) is 0 Å². The Morgan fingerprint density at radius 3 is 2.80 bits per heavy atom. The summed E-state index contributed by atoms with van der Waals surface area (Å²) in [6.45, 7) is 0. The molecule has 0 aliphatic rings.